The molecule has 3 nitrogen and oxygen atoms in total. The van der Waals surface area contributed by atoms with Gasteiger partial charge in [-0.3, -0.25) is 0 Å². The Bertz CT molecular complexity index is 422. The molecule has 0 saturated carbocycles. The molecular formula is C14H22N2OS2. The van der Waals surface area contributed by atoms with E-state index in [2.05, 4.69) is 18.3 Å². The van der Waals surface area contributed by atoms with E-state index in [4.69, 9.17) is 22.7 Å². The summed E-state index contributed by atoms with van der Waals surface area (Å²) in [5, 5.41) is 3.34. The number of hydrogen-bond acceptors (Lipinski definition) is 4. The van der Waals surface area contributed by atoms with Crippen LogP contribution in [0.3, 0.4) is 0 Å². The SMILES string of the molecule is CCSc1cccc(NCCOC(C)C)c1C(N)=S. The maximum atomic E-state index is 5.84. The maximum absolute atomic E-state index is 5.84. The molecular weight excluding hydrogens is 276 g/mol. The third-order valence-electron chi connectivity index (χ3n) is 2.44. The first-order valence-electron chi connectivity index (χ1n) is 6.47. The zero-order valence-electron chi connectivity index (χ0n) is 11.7. The zero-order valence-corrected chi connectivity index (χ0v) is 13.4. The molecule has 0 radical (unpaired) electrons. The first-order valence-corrected chi connectivity index (χ1v) is 7.86. The van der Waals surface area contributed by atoms with Crippen molar-refractivity contribution in [3.05, 3.63) is 23.8 Å². The van der Waals surface area contributed by atoms with Crippen LogP contribution in [0, 0.1) is 0 Å². The summed E-state index contributed by atoms with van der Waals surface area (Å²) in [5.74, 6) is 0.996. The molecule has 0 bridgehead atoms. The molecule has 5 heteroatoms. The fourth-order valence-electron chi connectivity index (χ4n) is 1.69. The molecule has 3 N–H and O–H groups in total. The molecule has 0 aliphatic carbocycles. The van der Waals surface area contributed by atoms with E-state index in [1.54, 1.807) is 11.8 Å². The number of anilines is 1. The van der Waals surface area contributed by atoms with Crippen molar-refractivity contribution in [2.24, 2.45) is 5.73 Å². The zero-order chi connectivity index (χ0) is 14.3. The van der Waals surface area contributed by atoms with Crippen LogP contribution in [0.25, 0.3) is 0 Å². The van der Waals surface area contributed by atoms with Crippen LogP contribution in [0.2, 0.25) is 0 Å². The van der Waals surface area contributed by atoms with Gasteiger partial charge in [0, 0.05) is 22.7 Å². The lowest BCUT2D eigenvalue weighted by Crippen LogP contribution is -2.18. The van der Waals surface area contributed by atoms with E-state index in [-0.39, 0.29) is 6.10 Å². The standard InChI is InChI=1S/C14H22N2OS2/c1-4-19-12-7-5-6-11(13(12)14(15)18)16-8-9-17-10(2)3/h5-7,10,16H,4,8-9H2,1-3H3,(H2,15,18). The molecule has 1 rings (SSSR count). The molecule has 0 saturated heterocycles. The lowest BCUT2D eigenvalue weighted by molar-refractivity contribution is 0.0870. The molecule has 0 aliphatic rings. The topological polar surface area (TPSA) is 47.3 Å². The van der Waals surface area contributed by atoms with Gasteiger partial charge in [0.15, 0.2) is 0 Å². The summed E-state index contributed by atoms with van der Waals surface area (Å²) in [6.45, 7) is 7.58. The van der Waals surface area contributed by atoms with Gasteiger partial charge < -0.3 is 15.8 Å². The highest BCUT2D eigenvalue weighted by atomic mass is 32.2. The number of rotatable bonds is 8. The summed E-state index contributed by atoms with van der Waals surface area (Å²) >= 11 is 6.91. The minimum Gasteiger partial charge on any atom is -0.389 e. The average Bonchev–Trinajstić information content (AvgIpc) is 2.34. The summed E-state index contributed by atoms with van der Waals surface area (Å²) in [6, 6.07) is 6.08. The van der Waals surface area contributed by atoms with Gasteiger partial charge in [-0.25, -0.2) is 0 Å². The second kappa shape index (κ2) is 8.40. The Kier molecular flexibility index (Phi) is 7.20. The summed E-state index contributed by atoms with van der Waals surface area (Å²) in [7, 11) is 0. The molecule has 0 heterocycles. The predicted octanol–water partition coefficient (Wildman–Crippen LogP) is 3.27. The Hall–Kier alpha value is -0.780. The molecule has 0 fully saturated rings. The normalized spacial score (nSPS) is 10.7. The van der Waals surface area contributed by atoms with Crippen molar-refractivity contribution in [2.75, 3.05) is 24.2 Å². The van der Waals surface area contributed by atoms with Crippen molar-refractivity contribution in [3.8, 4) is 0 Å². The van der Waals surface area contributed by atoms with Gasteiger partial charge >= 0.3 is 0 Å². The van der Waals surface area contributed by atoms with E-state index in [0.29, 0.717) is 11.6 Å². The van der Waals surface area contributed by atoms with Crippen LogP contribution in [0.1, 0.15) is 26.3 Å². The summed E-state index contributed by atoms with van der Waals surface area (Å²) in [6.07, 6.45) is 0.249. The third kappa shape index (κ3) is 5.38. The largest absolute Gasteiger partial charge is 0.389 e. The van der Waals surface area contributed by atoms with Crippen molar-refractivity contribution in [3.63, 3.8) is 0 Å². The second-order valence-electron chi connectivity index (χ2n) is 4.32. The van der Waals surface area contributed by atoms with Gasteiger partial charge in [-0.2, -0.15) is 0 Å². The van der Waals surface area contributed by atoms with E-state index in [1.807, 2.05) is 26.0 Å². The van der Waals surface area contributed by atoms with Crippen molar-refractivity contribution >= 4 is 34.7 Å². The summed E-state index contributed by atoms with van der Waals surface area (Å²) in [5.41, 5.74) is 7.77. The Balaban J connectivity index is 2.76. The van der Waals surface area contributed by atoms with Gasteiger partial charge in [-0.15, -0.1) is 11.8 Å². The van der Waals surface area contributed by atoms with Gasteiger partial charge in [0.25, 0.3) is 0 Å². The maximum Gasteiger partial charge on any atom is 0.107 e. The van der Waals surface area contributed by atoms with Crippen LogP contribution >= 0.6 is 24.0 Å². The number of hydrogen-bond donors (Lipinski definition) is 2. The van der Waals surface area contributed by atoms with Crippen LogP contribution < -0.4 is 11.1 Å². The van der Waals surface area contributed by atoms with Crippen LogP contribution in [-0.2, 0) is 4.74 Å². The summed E-state index contributed by atoms with van der Waals surface area (Å²) in [4.78, 5) is 1.56. The van der Waals surface area contributed by atoms with Gasteiger partial charge in [0.2, 0.25) is 0 Å². The van der Waals surface area contributed by atoms with E-state index in [1.165, 1.54) is 0 Å². The molecule has 1 aromatic carbocycles. The number of benzene rings is 1. The fraction of sp³-hybridized carbons (Fsp3) is 0.500. The van der Waals surface area contributed by atoms with Crippen molar-refractivity contribution in [1.82, 2.24) is 0 Å². The van der Waals surface area contributed by atoms with Crippen LogP contribution in [0.4, 0.5) is 5.69 Å². The smallest absolute Gasteiger partial charge is 0.107 e. The van der Waals surface area contributed by atoms with Crippen LogP contribution in [0.15, 0.2) is 23.1 Å². The number of nitrogens with two attached hydrogens (primary N) is 1. The van der Waals surface area contributed by atoms with Gasteiger partial charge in [-0.1, -0.05) is 25.2 Å². The highest BCUT2D eigenvalue weighted by Crippen LogP contribution is 2.28. The van der Waals surface area contributed by atoms with E-state index < -0.39 is 0 Å². The molecule has 0 amide bonds. The van der Waals surface area contributed by atoms with Crippen molar-refractivity contribution in [1.29, 1.82) is 0 Å². The predicted molar refractivity (Wildman–Crippen MR) is 88.3 cm³/mol. The second-order valence-corrected chi connectivity index (χ2v) is 6.07. The molecule has 19 heavy (non-hydrogen) atoms. The van der Waals surface area contributed by atoms with E-state index >= 15 is 0 Å². The summed E-state index contributed by atoms with van der Waals surface area (Å²) < 4.78 is 5.51. The van der Waals surface area contributed by atoms with E-state index in [9.17, 15) is 0 Å². The first kappa shape index (κ1) is 16.3. The molecule has 0 aliphatic heterocycles. The monoisotopic (exact) mass is 298 g/mol. The Morgan fingerprint density at radius 3 is 2.79 bits per heavy atom. The number of ether oxygens (including phenoxy) is 1. The minimum absolute atomic E-state index is 0.249. The van der Waals surface area contributed by atoms with Crippen LogP contribution in [0.5, 0.6) is 0 Å². The molecule has 0 aromatic heterocycles. The van der Waals surface area contributed by atoms with Gasteiger partial charge in [0.1, 0.15) is 4.99 Å². The number of nitrogens with one attached hydrogen (secondary N) is 1. The lowest BCUT2D eigenvalue weighted by Gasteiger charge is -2.15. The molecule has 0 atom stereocenters. The molecule has 1 aromatic rings. The van der Waals surface area contributed by atoms with Gasteiger partial charge in [0.05, 0.1) is 12.7 Å². The van der Waals surface area contributed by atoms with Crippen LogP contribution in [-0.4, -0.2) is 30.0 Å². The highest BCUT2D eigenvalue weighted by Gasteiger charge is 2.10. The lowest BCUT2D eigenvalue weighted by atomic mass is 10.1. The van der Waals surface area contributed by atoms with E-state index in [0.717, 1.165) is 28.4 Å². The first-order chi connectivity index (χ1) is 9.06. The number of thiocarbonyl (C=S) groups is 1. The molecule has 106 valence electrons. The Labute approximate surface area is 125 Å². The van der Waals surface area contributed by atoms with Gasteiger partial charge in [-0.05, 0) is 31.7 Å². The Morgan fingerprint density at radius 1 is 1.47 bits per heavy atom. The minimum atomic E-state index is 0.249. The molecule has 0 unspecified atom stereocenters. The third-order valence-corrected chi connectivity index (χ3v) is 3.59. The highest BCUT2D eigenvalue weighted by molar-refractivity contribution is 7.99. The Morgan fingerprint density at radius 2 is 2.21 bits per heavy atom. The quantitative estimate of drug-likeness (QED) is 0.438. The van der Waals surface area contributed by atoms with Crippen molar-refractivity contribution in [2.45, 2.75) is 31.8 Å². The number of thioether (sulfide) groups is 1. The fourth-order valence-corrected chi connectivity index (χ4v) is 2.82. The average molecular weight is 298 g/mol. The molecule has 0 spiro atoms. The van der Waals surface area contributed by atoms with Crippen molar-refractivity contribution < 1.29 is 4.74 Å².